The number of H-pyrrole nitrogens is 1. The number of ether oxygens (including phenoxy) is 2. The summed E-state index contributed by atoms with van der Waals surface area (Å²) in [4.78, 5) is 20.3. The molecule has 2 saturated heterocycles. The largest absolute Gasteiger partial charge is 0.379 e. The van der Waals surface area contributed by atoms with E-state index in [1.807, 2.05) is 19.1 Å². The summed E-state index contributed by atoms with van der Waals surface area (Å²) in [5.74, 6) is 0. The number of rotatable bonds is 8. The van der Waals surface area contributed by atoms with Crippen LogP contribution in [0.1, 0.15) is 30.4 Å². The van der Waals surface area contributed by atoms with Gasteiger partial charge >= 0.3 is 0 Å². The zero-order valence-electron chi connectivity index (χ0n) is 18.9. The summed E-state index contributed by atoms with van der Waals surface area (Å²) in [6.45, 7) is 9.48. The fourth-order valence-corrected chi connectivity index (χ4v) is 4.61. The van der Waals surface area contributed by atoms with E-state index in [0.29, 0.717) is 18.2 Å². The van der Waals surface area contributed by atoms with Crippen LogP contribution in [0.3, 0.4) is 0 Å². The van der Waals surface area contributed by atoms with Crippen molar-refractivity contribution < 1.29 is 9.47 Å². The van der Waals surface area contributed by atoms with Gasteiger partial charge in [0.1, 0.15) is 0 Å². The minimum absolute atomic E-state index is 0.0597. The van der Waals surface area contributed by atoms with Gasteiger partial charge in [0.05, 0.1) is 25.9 Å². The van der Waals surface area contributed by atoms with E-state index in [0.717, 1.165) is 87.3 Å². The molecule has 2 fully saturated rings. The highest BCUT2D eigenvalue weighted by atomic mass is 32.1. The Balaban J connectivity index is 1.40. The van der Waals surface area contributed by atoms with Crippen LogP contribution in [-0.2, 0) is 16.0 Å². The van der Waals surface area contributed by atoms with E-state index in [1.54, 1.807) is 0 Å². The molecule has 1 aromatic heterocycles. The first-order valence-corrected chi connectivity index (χ1v) is 12.1. The van der Waals surface area contributed by atoms with Gasteiger partial charge in [0.25, 0.3) is 5.56 Å². The van der Waals surface area contributed by atoms with E-state index in [2.05, 4.69) is 32.2 Å². The third kappa shape index (κ3) is 6.28. The molecule has 174 valence electrons. The van der Waals surface area contributed by atoms with Gasteiger partial charge in [0.15, 0.2) is 5.11 Å². The number of morpholine rings is 1. The molecule has 8 heteroatoms. The molecule has 4 rings (SSSR count). The van der Waals surface area contributed by atoms with Crippen LogP contribution in [0.25, 0.3) is 10.9 Å². The monoisotopic (exact) mass is 458 g/mol. The predicted molar refractivity (Wildman–Crippen MR) is 131 cm³/mol. The zero-order valence-corrected chi connectivity index (χ0v) is 19.7. The Labute approximate surface area is 195 Å². The molecule has 0 aliphatic carbocycles. The van der Waals surface area contributed by atoms with E-state index in [1.165, 1.54) is 0 Å². The molecule has 32 heavy (non-hydrogen) atoms. The summed E-state index contributed by atoms with van der Waals surface area (Å²) in [5, 5.41) is 5.13. The summed E-state index contributed by atoms with van der Waals surface area (Å²) in [5.41, 5.74) is 2.66. The number of fused-ring (bicyclic) bond motifs is 1. The lowest BCUT2D eigenvalue weighted by Crippen LogP contribution is -2.45. The van der Waals surface area contributed by atoms with E-state index < -0.39 is 0 Å². The summed E-state index contributed by atoms with van der Waals surface area (Å²) < 4.78 is 11.3. The van der Waals surface area contributed by atoms with Crippen molar-refractivity contribution in [2.45, 2.75) is 38.8 Å². The van der Waals surface area contributed by atoms with E-state index in [9.17, 15) is 4.79 Å². The van der Waals surface area contributed by atoms with Crippen molar-refractivity contribution in [1.82, 2.24) is 20.1 Å². The molecule has 2 N–H and O–H groups in total. The fourth-order valence-electron chi connectivity index (χ4n) is 4.37. The van der Waals surface area contributed by atoms with Crippen molar-refractivity contribution >= 4 is 28.2 Å². The molecule has 0 unspecified atom stereocenters. The molecule has 2 aromatic rings. The number of hydrogen-bond donors (Lipinski definition) is 2. The first-order chi connectivity index (χ1) is 15.6. The predicted octanol–water partition coefficient (Wildman–Crippen LogP) is 2.41. The molecule has 0 spiro atoms. The Morgan fingerprint density at radius 2 is 2.12 bits per heavy atom. The van der Waals surface area contributed by atoms with Gasteiger partial charge in [-0.05, 0) is 68.0 Å². The molecule has 0 saturated carbocycles. The van der Waals surface area contributed by atoms with E-state index in [-0.39, 0.29) is 11.7 Å². The topological polar surface area (TPSA) is 69.8 Å². The molecule has 3 heterocycles. The number of nitrogens with zero attached hydrogens (tertiary/aromatic N) is 2. The van der Waals surface area contributed by atoms with Crippen molar-refractivity contribution in [3.63, 3.8) is 0 Å². The maximum Gasteiger partial charge on any atom is 0.253 e. The molecular formula is C24H34N4O3S. The Hall–Kier alpha value is -2.00. The number of hydrogen-bond acceptors (Lipinski definition) is 5. The fraction of sp³-hybridized carbons (Fsp3) is 0.583. The summed E-state index contributed by atoms with van der Waals surface area (Å²) >= 11 is 5.75. The molecule has 2 aliphatic heterocycles. The van der Waals surface area contributed by atoms with Gasteiger partial charge in [-0.3, -0.25) is 9.69 Å². The highest BCUT2D eigenvalue weighted by Gasteiger charge is 2.22. The third-order valence-electron chi connectivity index (χ3n) is 6.21. The normalized spacial score (nSPS) is 19.3. The molecule has 2 aliphatic rings. The average Bonchev–Trinajstić information content (AvgIpc) is 3.30. The van der Waals surface area contributed by atoms with Gasteiger partial charge in [-0.15, -0.1) is 0 Å². The van der Waals surface area contributed by atoms with Crippen molar-refractivity contribution in [3.8, 4) is 0 Å². The average molecular weight is 459 g/mol. The number of thiocarbonyl (C=S) groups is 1. The number of nitrogens with one attached hydrogen (secondary N) is 2. The van der Waals surface area contributed by atoms with Crippen LogP contribution >= 0.6 is 12.2 Å². The van der Waals surface area contributed by atoms with Crippen LogP contribution in [0, 0.1) is 6.92 Å². The second-order valence-corrected chi connectivity index (χ2v) is 9.16. The Kier molecular flexibility index (Phi) is 8.13. The Bertz CT molecular complexity index is 967. The summed E-state index contributed by atoms with van der Waals surface area (Å²) in [6.07, 6.45) is 3.28. The van der Waals surface area contributed by atoms with Gasteiger partial charge in [-0.2, -0.15) is 0 Å². The van der Waals surface area contributed by atoms with Gasteiger partial charge in [-0.1, -0.05) is 12.1 Å². The van der Waals surface area contributed by atoms with Crippen LogP contribution < -0.4 is 10.9 Å². The lowest BCUT2D eigenvalue weighted by Gasteiger charge is -2.29. The first-order valence-electron chi connectivity index (χ1n) is 11.7. The van der Waals surface area contributed by atoms with Crippen LogP contribution in [0.2, 0.25) is 0 Å². The number of aryl methyl sites for hydroxylation is 1. The number of aromatic amines is 1. The second-order valence-electron chi connectivity index (χ2n) is 8.77. The lowest BCUT2D eigenvalue weighted by atomic mass is 10.1. The molecule has 0 amide bonds. The van der Waals surface area contributed by atoms with E-state index in [4.69, 9.17) is 21.7 Å². The second kappa shape index (κ2) is 11.2. The SMILES string of the molecule is Cc1ccc2cc(CN(C[C@@H]3CCCO3)C(=S)NCCCN3CCOCC3)c(=O)[nH]c2c1. The Morgan fingerprint density at radius 3 is 2.91 bits per heavy atom. The number of aromatic nitrogens is 1. The molecule has 1 atom stereocenters. The zero-order chi connectivity index (χ0) is 22.3. The summed E-state index contributed by atoms with van der Waals surface area (Å²) in [7, 11) is 0. The quantitative estimate of drug-likeness (QED) is 0.465. The maximum absolute atomic E-state index is 12.8. The highest BCUT2D eigenvalue weighted by Crippen LogP contribution is 2.17. The lowest BCUT2D eigenvalue weighted by molar-refractivity contribution is 0.0375. The standard InChI is InChI=1S/C24H34N4O3S/c1-18-5-6-19-15-20(23(29)26-22(19)14-18)16-28(17-21-4-2-11-31-21)24(32)25-7-3-8-27-9-12-30-13-10-27/h5-6,14-15,21H,2-4,7-13,16-17H2,1H3,(H,25,32)(H,26,29)/t21-/m0/s1. The highest BCUT2D eigenvalue weighted by molar-refractivity contribution is 7.80. The number of pyridine rings is 1. The van der Waals surface area contributed by atoms with Gasteiger partial charge in [-0.25, -0.2) is 0 Å². The minimum atomic E-state index is -0.0597. The molecular weight excluding hydrogens is 424 g/mol. The van der Waals surface area contributed by atoms with Crippen molar-refractivity contribution in [1.29, 1.82) is 0 Å². The molecule has 0 radical (unpaired) electrons. The van der Waals surface area contributed by atoms with Crippen LogP contribution in [0.5, 0.6) is 0 Å². The van der Waals surface area contributed by atoms with Crippen LogP contribution in [0.15, 0.2) is 29.1 Å². The first kappa shape index (κ1) is 23.2. The van der Waals surface area contributed by atoms with E-state index >= 15 is 0 Å². The molecule has 1 aromatic carbocycles. The van der Waals surface area contributed by atoms with Gasteiger partial charge in [0, 0.05) is 43.9 Å². The van der Waals surface area contributed by atoms with Gasteiger partial charge < -0.3 is 24.7 Å². The smallest absolute Gasteiger partial charge is 0.253 e. The minimum Gasteiger partial charge on any atom is -0.379 e. The van der Waals surface area contributed by atoms with Crippen molar-refractivity contribution in [2.24, 2.45) is 0 Å². The van der Waals surface area contributed by atoms with Crippen molar-refractivity contribution in [2.75, 3.05) is 52.5 Å². The van der Waals surface area contributed by atoms with Gasteiger partial charge in [0.2, 0.25) is 0 Å². The van der Waals surface area contributed by atoms with Crippen LogP contribution in [0.4, 0.5) is 0 Å². The third-order valence-corrected chi connectivity index (χ3v) is 6.61. The molecule has 7 nitrogen and oxygen atoms in total. The summed E-state index contributed by atoms with van der Waals surface area (Å²) in [6, 6.07) is 8.11. The maximum atomic E-state index is 12.8. The Morgan fingerprint density at radius 1 is 1.28 bits per heavy atom. The molecule has 0 bridgehead atoms. The van der Waals surface area contributed by atoms with Crippen molar-refractivity contribution in [3.05, 3.63) is 45.7 Å². The van der Waals surface area contributed by atoms with Crippen LogP contribution in [-0.4, -0.2) is 78.5 Å². The number of benzene rings is 1.